The van der Waals surface area contributed by atoms with Gasteiger partial charge in [0.2, 0.25) is 5.91 Å². The van der Waals surface area contributed by atoms with Crippen LogP contribution >= 0.6 is 0 Å². The van der Waals surface area contributed by atoms with Crippen LogP contribution in [0.4, 0.5) is 4.79 Å². The van der Waals surface area contributed by atoms with E-state index < -0.39 is 5.54 Å². The number of urea groups is 1. The second-order valence-electron chi connectivity index (χ2n) is 7.07. The van der Waals surface area contributed by atoms with Crippen LogP contribution in [0, 0.1) is 5.92 Å². The zero-order chi connectivity index (χ0) is 17.0. The van der Waals surface area contributed by atoms with Crippen LogP contribution in [-0.2, 0) is 9.59 Å². The summed E-state index contributed by atoms with van der Waals surface area (Å²) >= 11 is 0. The minimum Gasteiger partial charge on any atom is -0.353 e. The first-order valence-electron chi connectivity index (χ1n) is 8.48. The molecule has 2 atom stereocenters. The van der Waals surface area contributed by atoms with Crippen LogP contribution in [0.5, 0.6) is 0 Å². The SMILES string of the molecule is CC1(C)NC(=O)N(CCCC(=O)NC2CCCCC2CN)C1=O. The van der Waals surface area contributed by atoms with Gasteiger partial charge in [-0.3, -0.25) is 14.5 Å². The second kappa shape index (κ2) is 7.29. The summed E-state index contributed by atoms with van der Waals surface area (Å²) in [5.74, 6) is 0.0967. The summed E-state index contributed by atoms with van der Waals surface area (Å²) in [4.78, 5) is 37.1. The number of carbonyl (C=O) groups is 3. The van der Waals surface area contributed by atoms with E-state index in [1.165, 1.54) is 11.3 Å². The number of rotatable bonds is 6. The first-order valence-corrected chi connectivity index (χ1v) is 8.48. The smallest absolute Gasteiger partial charge is 0.325 e. The number of nitrogens with one attached hydrogen (secondary N) is 2. The van der Waals surface area contributed by atoms with Crippen LogP contribution in [0.15, 0.2) is 0 Å². The molecule has 2 fully saturated rings. The maximum Gasteiger partial charge on any atom is 0.325 e. The van der Waals surface area contributed by atoms with E-state index in [9.17, 15) is 14.4 Å². The number of amides is 4. The van der Waals surface area contributed by atoms with Gasteiger partial charge in [-0.25, -0.2) is 4.79 Å². The molecule has 4 amide bonds. The van der Waals surface area contributed by atoms with Crippen molar-refractivity contribution in [1.82, 2.24) is 15.5 Å². The van der Waals surface area contributed by atoms with E-state index in [4.69, 9.17) is 5.73 Å². The molecule has 0 radical (unpaired) electrons. The molecule has 130 valence electrons. The van der Waals surface area contributed by atoms with E-state index in [1.807, 2.05) is 0 Å². The Morgan fingerprint density at radius 1 is 1.35 bits per heavy atom. The molecule has 1 heterocycles. The van der Waals surface area contributed by atoms with Crippen LogP contribution in [0.1, 0.15) is 52.4 Å². The number of imide groups is 1. The zero-order valence-corrected chi connectivity index (χ0v) is 14.1. The van der Waals surface area contributed by atoms with E-state index in [-0.39, 0.29) is 30.4 Å². The van der Waals surface area contributed by atoms with E-state index in [1.54, 1.807) is 13.8 Å². The minimum absolute atomic E-state index is 0.0262. The lowest BCUT2D eigenvalue weighted by atomic mass is 9.84. The lowest BCUT2D eigenvalue weighted by molar-refractivity contribution is -0.130. The van der Waals surface area contributed by atoms with Gasteiger partial charge in [0, 0.05) is 19.0 Å². The number of carbonyl (C=O) groups excluding carboxylic acids is 3. The third-order valence-electron chi connectivity index (χ3n) is 4.79. The standard InChI is InChI=1S/C16H28N4O3/c1-16(2)14(22)20(15(23)19-16)9-5-8-13(21)18-12-7-4-3-6-11(12)10-17/h11-12H,3-10,17H2,1-2H3,(H,18,21)(H,19,23). The highest BCUT2D eigenvalue weighted by Crippen LogP contribution is 2.23. The predicted molar refractivity (Wildman–Crippen MR) is 86.5 cm³/mol. The lowest BCUT2D eigenvalue weighted by Gasteiger charge is -2.31. The Morgan fingerprint density at radius 3 is 2.65 bits per heavy atom. The van der Waals surface area contributed by atoms with Gasteiger partial charge in [-0.1, -0.05) is 12.8 Å². The maximum atomic E-state index is 12.1. The van der Waals surface area contributed by atoms with Gasteiger partial charge in [-0.2, -0.15) is 0 Å². The molecule has 7 heteroatoms. The Hall–Kier alpha value is -1.63. The third-order valence-corrected chi connectivity index (χ3v) is 4.79. The molecule has 23 heavy (non-hydrogen) atoms. The summed E-state index contributed by atoms with van der Waals surface area (Å²) < 4.78 is 0. The minimum atomic E-state index is -0.851. The van der Waals surface area contributed by atoms with Crippen molar-refractivity contribution < 1.29 is 14.4 Å². The molecule has 4 N–H and O–H groups in total. The van der Waals surface area contributed by atoms with E-state index >= 15 is 0 Å². The second-order valence-corrected chi connectivity index (χ2v) is 7.07. The Labute approximate surface area is 137 Å². The van der Waals surface area contributed by atoms with Gasteiger partial charge in [0.05, 0.1) is 0 Å². The van der Waals surface area contributed by atoms with Gasteiger partial charge < -0.3 is 16.4 Å². The summed E-state index contributed by atoms with van der Waals surface area (Å²) in [6, 6.07) is -0.215. The van der Waals surface area contributed by atoms with Crippen molar-refractivity contribution in [2.24, 2.45) is 11.7 Å². The average Bonchev–Trinajstić information content (AvgIpc) is 2.69. The highest BCUT2D eigenvalue weighted by Gasteiger charge is 2.43. The van der Waals surface area contributed by atoms with Gasteiger partial charge in [0.25, 0.3) is 5.91 Å². The summed E-state index contributed by atoms with van der Waals surface area (Å²) in [5, 5.41) is 5.69. The average molecular weight is 324 g/mol. The van der Waals surface area contributed by atoms with Crippen molar-refractivity contribution in [3.05, 3.63) is 0 Å². The van der Waals surface area contributed by atoms with Gasteiger partial charge in [0.1, 0.15) is 5.54 Å². The third kappa shape index (κ3) is 4.22. The molecule has 1 aliphatic carbocycles. The van der Waals surface area contributed by atoms with E-state index in [0.717, 1.165) is 19.3 Å². The molecule has 2 aliphatic rings. The largest absolute Gasteiger partial charge is 0.353 e. The van der Waals surface area contributed by atoms with Crippen LogP contribution in [0.2, 0.25) is 0 Å². The Morgan fingerprint density at radius 2 is 2.04 bits per heavy atom. The van der Waals surface area contributed by atoms with E-state index in [2.05, 4.69) is 10.6 Å². The molecule has 1 saturated heterocycles. The monoisotopic (exact) mass is 324 g/mol. The predicted octanol–water partition coefficient (Wildman–Crippen LogP) is 0.731. The molecule has 0 spiro atoms. The zero-order valence-electron chi connectivity index (χ0n) is 14.1. The Balaban J connectivity index is 1.75. The van der Waals surface area contributed by atoms with Crippen molar-refractivity contribution in [3.8, 4) is 0 Å². The first-order chi connectivity index (χ1) is 10.8. The van der Waals surface area contributed by atoms with Crippen LogP contribution < -0.4 is 16.4 Å². The molecule has 1 saturated carbocycles. The molecular weight excluding hydrogens is 296 g/mol. The van der Waals surface area contributed by atoms with Crippen molar-refractivity contribution in [3.63, 3.8) is 0 Å². The molecule has 0 bridgehead atoms. The summed E-state index contributed by atoms with van der Waals surface area (Å²) in [7, 11) is 0. The highest BCUT2D eigenvalue weighted by atomic mass is 16.2. The number of hydrogen-bond acceptors (Lipinski definition) is 4. The normalized spacial score (nSPS) is 27.0. The van der Waals surface area contributed by atoms with E-state index in [0.29, 0.717) is 25.3 Å². The van der Waals surface area contributed by atoms with Gasteiger partial charge in [-0.15, -0.1) is 0 Å². The summed E-state index contributed by atoms with van der Waals surface area (Å²) in [6.45, 7) is 4.22. The van der Waals surface area contributed by atoms with Crippen molar-refractivity contribution >= 4 is 17.8 Å². The fourth-order valence-electron chi connectivity index (χ4n) is 3.38. The Bertz CT molecular complexity index is 478. The molecule has 2 rings (SSSR count). The molecule has 7 nitrogen and oxygen atoms in total. The van der Waals surface area contributed by atoms with Gasteiger partial charge >= 0.3 is 6.03 Å². The van der Waals surface area contributed by atoms with Crippen molar-refractivity contribution in [1.29, 1.82) is 0 Å². The molecular formula is C16H28N4O3. The molecule has 1 aliphatic heterocycles. The Kier molecular flexibility index (Phi) is 5.62. The fraction of sp³-hybridized carbons (Fsp3) is 0.812. The van der Waals surface area contributed by atoms with Crippen molar-refractivity contribution in [2.45, 2.75) is 64.0 Å². The fourth-order valence-corrected chi connectivity index (χ4v) is 3.38. The van der Waals surface area contributed by atoms with Gasteiger partial charge in [-0.05, 0) is 45.6 Å². The van der Waals surface area contributed by atoms with Crippen LogP contribution in [-0.4, -0.2) is 47.4 Å². The molecule has 0 aromatic carbocycles. The van der Waals surface area contributed by atoms with Crippen LogP contribution in [0.3, 0.4) is 0 Å². The highest BCUT2D eigenvalue weighted by molar-refractivity contribution is 6.06. The van der Waals surface area contributed by atoms with Crippen molar-refractivity contribution in [2.75, 3.05) is 13.1 Å². The topological polar surface area (TPSA) is 105 Å². The summed E-state index contributed by atoms with van der Waals surface area (Å²) in [5.41, 5.74) is 4.92. The molecule has 0 aromatic rings. The maximum absolute atomic E-state index is 12.1. The molecule has 0 aromatic heterocycles. The molecule has 2 unspecified atom stereocenters. The lowest BCUT2D eigenvalue weighted by Crippen LogP contribution is -2.45. The van der Waals surface area contributed by atoms with Crippen LogP contribution in [0.25, 0.3) is 0 Å². The first kappa shape index (κ1) is 17.7. The number of hydrogen-bond donors (Lipinski definition) is 3. The number of nitrogens with zero attached hydrogens (tertiary/aromatic N) is 1. The number of nitrogens with two attached hydrogens (primary N) is 1. The van der Waals surface area contributed by atoms with Gasteiger partial charge in [0.15, 0.2) is 0 Å². The summed E-state index contributed by atoms with van der Waals surface area (Å²) in [6.07, 6.45) is 5.13. The quantitative estimate of drug-likeness (QED) is 0.626.